The Balaban J connectivity index is 1.81. The van der Waals surface area contributed by atoms with Crippen molar-refractivity contribution in [2.45, 2.75) is 12.7 Å². The first kappa shape index (κ1) is 16.8. The van der Waals surface area contributed by atoms with Crippen LogP contribution in [-0.4, -0.2) is 34.7 Å². The van der Waals surface area contributed by atoms with Gasteiger partial charge < -0.3 is 9.64 Å². The number of aryl methyl sites for hydroxylation is 1. The Hall–Kier alpha value is -2.05. The predicted octanol–water partition coefficient (Wildman–Crippen LogP) is 2.77. The van der Waals surface area contributed by atoms with Gasteiger partial charge in [0, 0.05) is 13.1 Å². The summed E-state index contributed by atoms with van der Waals surface area (Å²) in [6, 6.07) is 15.1. The molecular weight excluding hydrogens is 324 g/mol. The summed E-state index contributed by atoms with van der Waals surface area (Å²) in [4.78, 5) is 2.15. The molecule has 2 aromatic carbocycles. The molecule has 2 aromatic rings. The zero-order valence-electron chi connectivity index (χ0n) is 13.7. The minimum atomic E-state index is -3.48. The number of para-hydroxylation sites is 2. The largest absolute Gasteiger partial charge is 0.378 e. The Kier molecular flexibility index (Phi) is 5.06. The molecule has 0 saturated carbocycles. The third-order valence-corrected chi connectivity index (χ3v) is 5.35. The van der Waals surface area contributed by atoms with Crippen LogP contribution in [0.15, 0.2) is 48.5 Å². The van der Waals surface area contributed by atoms with Crippen LogP contribution in [0.4, 0.5) is 11.4 Å². The first-order chi connectivity index (χ1) is 11.6. The van der Waals surface area contributed by atoms with Crippen LogP contribution in [-0.2, 0) is 20.5 Å². The fourth-order valence-corrected chi connectivity index (χ4v) is 4.13. The number of rotatable bonds is 5. The quantitative estimate of drug-likeness (QED) is 0.904. The lowest BCUT2D eigenvalue weighted by Gasteiger charge is -2.30. The number of sulfonamides is 1. The zero-order chi connectivity index (χ0) is 17.0. The van der Waals surface area contributed by atoms with Gasteiger partial charge in [0.15, 0.2) is 0 Å². The molecule has 0 bridgehead atoms. The third kappa shape index (κ3) is 4.07. The van der Waals surface area contributed by atoms with Crippen LogP contribution in [0.3, 0.4) is 0 Å². The molecule has 6 heteroatoms. The zero-order valence-corrected chi connectivity index (χ0v) is 14.6. The molecule has 0 atom stereocenters. The third-order valence-electron chi connectivity index (χ3n) is 4.13. The summed E-state index contributed by atoms with van der Waals surface area (Å²) >= 11 is 0. The highest BCUT2D eigenvalue weighted by Gasteiger charge is 2.19. The Morgan fingerprint density at radius 1 is 1.04 bits per heavy atom. The van der Waals surface area contributed by atoms with Crippen LogP contribution >= 0.6 is 0 Å². The maximum Gasteiger partial charge on any atom is 0.236 e. The van der Waals surface area contributed by atoms with Gasteiger partial charge in [-0.3, -0.25) is 4.72 Å². The number of nitrogens with one attached hydrogen (secondary N) is 1. The lowest BCUT2D eigenvalue weighted by atomic mass is 10.1. The van der Waals surface area contributed by atoms with E-state index in [0.29, 0.717) is 18.9 Å². The monoisotopic (exact) mass is 346 g/mol. The standard InChI is InChI=1S/C18H22N2O3S/c1-15-6-2-3-7-16(15)14-24(21,22)19-17-8-4-5-9-18(17)20-10-12-23-13-11-20/h2-9,19H,10-14H2,1H3. The molecule has 0 aromatic heterocycles. The summed E-state index contributed by atoms with van der Waals surface area (Å²) in [5.41, 5.74) is 3.31. The van der Waals surface area contributed by atoms with E-state index in [9.17, 15) is 8.42 Å². The van der Waals surface area contributed by atoms with Crippen LogP contribution in [0.2, 0.25) is 0 Å². The summed E-state index contributed by atoms with van der Waals surface area (Å²) < 4.78 is 33.3. The molecule has 1 aliphatic rings. The predicted molar refractivity (Wildman–Crippen MR) is 96.9 cm³/mol. The molecule has 0 aliphatic carbocycles. The summed E-state index contributed by atoms with van der Waals surface area (Å²) in [5.74, 6) is -0.0306. The van der Waals surface area contributed by atoms with Gasteiger partial charge in [0.1, 0.15) is 0 Å². The number of nitrogens with zero attached hydrogens (tertiary/aromatic N) is 1. The highest BCUT2D eigenvalue weighted by molar-refractivity contribution is 7.91. The maximum atomic E-state index is 12.6. The van der Waals surface area contributed by atoms with Crippen molar-refractivity contribution in [3.8, 4) is 0 Å². The second kappa shape index (κ2) is 7.23. The van der Waals surface area contributed by atoms with Gasteiger partial charge >= 0.3 is 0 Å². The van der Waals surface area contributed by atoms with Crippen molar-refractivity contribution in [2.24, 2.45) is 0 Å². The second-order valence-electron chi connectivity index (χ2n) is 5.90. The molecule has 24 heavy (non-hydrogen) atoms. The lowest BCUT2D eigenvalue weighted by Crippen LogP contribution is -2.36. The van der Waals surface area contributed by atoms with Gasteiger partial charge in [-0.1, -0.05) is 36.4 Å². The molecule has 1 heterocycles. The molecule has 1 N–H and O–H groups in total. The number of anilines is 2. The van der Waals surface area contributed by atoms with Crippen LogP contribution in [0.1, 0.15) is 11.1 Å². The molecule has 0 unspecified atom stereocenters. The van der Waals surface area contributed by atoms with Crippen molar-refractivity contribution in [2.75, 3.05) is 35.9 Å². The van der Waals surface area contributed by atoms with Crippen molar-refractivity contribution >= 4 is 21.4 Å². The van der Waals surface area contributed by atoms with E-state index in [1.54, 1.807) is 6.07 Å². The Morgan fingerprint density at radius 3 is 2.46 bits per heavy atom. The minimum absolute atomic E-state index is 0.0306. The Bertz CT molecular complexity index is 799. The van der Waals surface area contributed by atoms with Gasteiger partial charge in [-0.05, 0) is 30.2 Å². The van der Waals surface area contributed by atoms with Crippen molar-refractivity contribution < 1.29 is 13.2 Å². The van der Waals surface area contributed by atoms with E-state index in [-0.39, 0.29) is 5.75 Å². The number of hydrogen-bond acceptors (Lipinski definition) is 4. The SMILES string of the molecule is Cc1ccccc1CS(=O)(=O)Nc1ccccc1N1CCOCC1. The molecule has 0 radical (unpaired) electrons. The van der Waals surface area contributed by atoms with Gasteiger partial charge in [-0.2, -0.15) is 0 Å². The minimum Gasteiger partial charge on any atom is -0.378 e. The molecule has 1 saturated heterocycles. The number of morpholine rings is 1. The fourth-order valence-electron chi connectivity index (χ4n) is 2.82. The smallest absolute Gasteiger partial charge is 0.236 e. The van der Waals surface area contributed by atoms with Crippen molar-refractivity contribution in [1.29, 1.82) is 0 Å². The van der Waals surface area contributed by atoms with Crippen molar-refractivity contribution in [3.05, 3.63) is 59.7 Å². The average molecular weight is 346 g/mol. The van der Waals surface area contributed by atoms with Crippen molar-refractivity contribution in [3.63, 3.8) is 0 Å². The number of benzene rings is 2. The van der Waals surface area contributed by atoms with Crippen LogP contribution < -0.4 is 9.62 Å². The van der Waals surface area contributed by atoms with Crippen molar-refractivity contribution in [1.82, 2.24) is 0 Å². The molecule has 0 spiro atoms. The Morgan fingerprint density at radius 2 is 1.71 bits per heavy atom. The van der Waals surface area contributed by atoms with Gasteiger partial charge in [0.2, 0.25) is 10.0 Å². The lowest BCUT2D eigenvalue weighted by molar-refractivity contribution is 0.123. The molecule has 3 rings (SSSR count). The summed E-state index contributed by atoms with van der Waals surface area (Å²) in [7, 11) is -3.48. The van der Waals surface area contributed by atoms with E-state index in [0.717, 1.165) is 29.9 Å². The van der Waals surface area contributed by atoms with Crippen LogP contribution in [0, 0.1) is 6.92 Å². The van der Waals surface area contributed by atoms with Crippen LogP contribution in [0.5, 0.6) is 0 Å². The van der Waals surface area contributed by atoms with Gasteiger partial charge in [0.25, 0.3) is 0 Å². The molecular formula is C18H22N2O3S. The normalized spacial score (nSPS) is 15.3. The first-order valence-corrected chi connectivity index (χ1v) is 9.67. The molecule has 128 valence electrons. The fraction of sp³-hybridized carbons (Fsp3) is 0.333. The Labute approximate surface area is 143 Å². The van der Waals surface area contributed by atoms with E-state index >= 15 is 0 Å². The van der Waals surface area contributed by atoms with Gasteiger partial charge in [-0.15, -0.1) is 0 Å². The number of ether oxygens (including phenoxy) is 1. The van der Waals surface area contributed by atoms with E-state index in [1.165, 1.54) is 0 Å². The van der Waals surface area contributed by atoms with Gasteiger partial charge in [0.05, 0.1) is 30.3 Å². The van der Waals surface area contributed by atoms with E-state index < -0.39 is 10.0 Å². The second-order valence-corrected chi connectivity index (χ2v) is 7.63. The summed E-state index contributed by atoms with van der Waals surface area (Å²) in [5, 5.41) is 0. The van der Waals surface area contributed by atoms with Gasteiger partial charge in [-0.25, -0.2) is 8.42 Å². The van der Waals surface area contributed by atoms with E-state index in [2.05, 4.69) is 9.62 Å². The average Bonchev–Trinajstić information content (AvgIpc) is 2.58. The first-order valence-electron chi connectivity index (χ1n) is 8.02. The summed E-state index contributed by atoms with van der Waals surface area (Å²) in [6.07, 6.45) is 0. The number of hydrogen-bond donors (Lipinski definition) is 1. The van der Waals surface area contributed by atoms with E-state index in [4.69, 9.17) is 4.74 Å². The van der Waals surface area contributed by atoms with Crippen LogP contribution in [0.25, 0.3) is 0 Å². The molecule has 1 aliphatic heterocycles. The van der Waals surface area contributed by atoms with E-state index in [1.807, 2.05) is 49.4 Å². The highest BCUT2D eigenvalue weighted by atomic mass is 32.2. The maximum absolute atomic E-state index is 12.6. The molecule has 0 amide bonds. The summed E-state index contributed by atoms with van der Waals surface area (Å²) in [6.45, 7) is 4.76. The molecule has 1 fully saturated rings. The molecule has 5 nitrogen and oxygen atoms in total. The topological polar surface area (TPSA) is 58.6 Å². The highest BCUT2D eigenvalue weighted by Crippen LogP contribution is 2.28.